The second kappa shape index (κ2) is 10.6. The molecule has 0 aromatic heterocycles. The molecule has 2 aromatic carbocycles. The predicted molar refractivity (Wildman–Crippen MR) is 106 cm³/mol. The Kier molecular flexibility index (Phi) is 7.98. The summed E-state index contributed by atoms with van der Waals surface area (Å²) in [5.41, 5.74) is 0.509. The first-order chi connectivity index (χ1) is 14.4. The minimum Gasteiger partial charge on any atom is -0.493 e. The van der Waals surface area contributed by atoms with Gasteiger partial charge in [0.2, 0.25) is 0 Å². The number of rotatable bonds is 10. The summed E-state index contributed by atoms with van der Waals surface area (Å²) in [5.74, 6) is -0.0760. The van der Waals surface area contributed by atoms with Crippen molar-refractivity contribution in [3.05, 3.63) is 57.6 Å². The van der Waals surface area contributed by atoms with Crippen molar-refractivity contribution in [1.29, 1.82) is 0 Å². The molecule has 0 fully saturated rings. The monoisotopic (exact) mass is 418 g/mol. The first kappa shape index (κ1) is 22.5. The van der Waals surface area contributed by atoms with Crippen LogP contribution in [0.1, 0.15) is 15.9 Å². The molecule has 2 rings (SSSR count). The fourth-order valence-corrected chi connectivity index (χ4v) is 2.60. The van der Waals surface area contributed by atoms with Crippen molar-refractivity contribution in [1.82, 2.24) is 5.32 Å². The van der Waals surface area contributed by atoms with Crippen LogP contribution < -0.4 is 19.5 Å². The average molecular weight is 418 g/mol. The average Bonchev–Trinajstić information content (AvgIpc) is 2.76. The highest BCUT2D eigenvalue weighted by Crippen LogP contribution is 2.29. The number of hydrogen-bond donors (Lipinski definition) is 1. The van der Waals surface area contributed by atoms with Crippen LogP contribution in [0.25, 0.3) is 0 Å². The topological polar surface area (TPSA) is 126 Å². The van der Waals surface area contributed by atoms with Crippen LogP contribution in [0.4, 0.5) is 5.69 Å². The smallest absolute Gasteiger partial charge is 0.338 e. The van der Waals surface area contributed by atoms with E-state index in [9.17, 15) is 19.7 Å². The van der Waals surface area contributed by atoms with E-state index in [-0.39, 0.29) is 11.3 Å². The number of methoxy groups -OCH3 is 3. The van der Waals surface area contributed by atoms with Gasteiger partial charge in [-0.3, -0.25) is 14.9 Å². The molecule has 1 amide bonds. The van der Waals surface area contributed by atoms with Crippen molar-refractivity contribution in [3.63, 3.8) is 0 Å². The zero-order valence-electron chi connectivity index (χ0n) is 16.8. The number of esters is 1. The number of nitro groups is 1. The molecule has 0 radical (unpaired) electrons. The molecule has 0 saturated carbocycles. The molecule has 2 aromatic rings. The summed E-state index contributed by atoms with van der Waals surface area (Å²) in [5, 5.41) is 13.9. The maximum absolute atomic E-state index is 12.0. The standard InChI is InChI=1S/C20H22N2O8/c1-27-17-6-4-13(10-18(17)28-2)8-9-21-19(23)12-30-16-7-5-14(20(24)29-3)11-15(16)22(25)26/h4-7,10-11H,8-9,12H2,1-3H3,(H,21,23). The third-order valence-electron chi connectivity index (χ3n) is 4.12. The van der Waals surface area contributed by atoms with Crippen LogP contribution in [0.2, 0.25) is 0 Å². The molecule has 0 saturated heterocycles. The Morgan fingerprint density at radius 1 is 1.00 bits per heavy atom. The minimum absolute atomic E-state index is 0.0101. The summed E-state index contributed by atoms with van der Waals surface area (Å²) in [6.45, 7) is -0.0780. The van der Waals surface area contributed by atoms with E-state index in [2.05, 4.69) is 10.1 Å². The van der Waals surface area contributed by atoms with Gasteiger partial charge in [0.25, 0.3) is 5.91 Å². The Morgan fingerprint density at radius 3 is 2.33 bits per heavy atom. The summed E-state index contributed by atoms with van der Waals surface area (Å²) in [6, 6.07) is 9.06. The van der Waals surface area contributed by atoms with Gasteiger partial charge in [0, 0.05) is 12.6 Å². The molecule has 0 aliphatic carbocycles. The second-order valence-electron chi connectivity index (χ2n) is 6.01. The molecule has 0 bridgehead atoms. The number of amides is 1. The van der Waals surface area contributed by atoms with E-state index < -0.39 is 29.1 Å². The number of ether oxygens (including phenoxy) is 4. The molecule has 0 aliphatic rings. The first-order valence-electron chi connectivity index (χ1n) is 8.86. The van der Waals surface area contributed by atoms with E-state index >= 15 is 0 Å². The van der Waals surface area contributed by atoms with Gasteiger partial charge in [-0.15, -0.1) is 0 Å². The summed E-state index contributed by atoms with van der Waals surface area (Å²) in [4.78, 5) is 34.0. The van der Waals surface area contributed by atoms with Gasteiger partial charge in [0.1, 0.15) is 0 Å². The molecule has 160 valence electrons. The van der Waals surface area contributed by atoms with Crippen LogP contribution in [0.15, 0.2) is 36.4 Å². The van der Waals surface area contributed by atoms with Crippen molar-refractivity contribution in [2.75, 3.05) is 34.5 Å². The molecule has 0 atom stereocenters. The predicted octanol–water partition coefficient (Wildman–Crippen LogP) is 2.14. The zero-order valence-corrected chi connectivity index (χ0v) is 16.8. The number of nitro benzene ring substituents is 1. The highest BCUT2D eigenvalue weighted by atomic mass is 16.6. The number of nitrogens with one attached hydrogen (secondary N) is 1. The Hall–Kier alpha value is -3.82. The molecule has 10 nitrogen and oxygen atoms in total. The third-order valence-corrected chi connectivity index (χ3v) is 4.12. The Labute approximate surface area is 172 Å². The van der Waals surface area contributed by atoms with Gasteiger partial charge in [-0.25, -0.2) is 4.79 Å². The molecule has 30 heavy (non-hydrogen) atoms. The fourth-order valence-electron chi connectivity index (χ4n) is 2.60. The lowest BCUT2D eigenvalue weighted by molar-refractivity contribution is -0.385. The summed E-state index contributed by atoms with van der Waals surface area (Å²) < 4.78 is 20.2. The van der Waals surface area contributed by atoms with Gasteiger partial charge in [0.05, 0.1) is 31.8 Å². The number of carbonyl (C=O) groups is 2. The van der Waals surface area contributed by atoms with Crippen LogP contribution in [0, 0.1) is 10.1 Å². The van der Waals surface area contributed by atoms with E-state index in [1.807, 2.05) is 12.1 Å². The molecule has 0 heterocycles. The van der Waals surface area contributed by atoms with Crippen LogP contribution in [0.5, 0.6) is 17.2 Å². The Bertz CT molecular complexity index is 929. The number of hydrogen-bond acceptors (Lipinski definition) is 8. The number of carbonyl (C=O) groups excluding carboxylic acids is 2. The molecular weight excluding hydrogens is 396 g/mol. The van der Waals surface area contributed by atoms with E-state index in [0.717, 1.165) is 11.6 Å². The lowest BCUT2D eigenvalue weighted by Gasteiger charge is -2.11. The van der Waals surface area contributed by atoms with E-state index in [1.54, 1.807) is 13.2 Å². The van der Waals surface area contributed by atoms with Crippen LogP contribution >= 0.6 is 0 Å². The van der Waals surface area contributed by atoms with Crippen molar-refractivity contribution in [3.8, 4) is 17.2 Å². The van der Waals surface area contributed by atoms with E-state index in [1.165, 1.54) is 26.4 Å². The SMILES string of the molecule is COC(=O)c1ccc(OCC(=O)NCCc2ccc(OC)c(OC)c2)c([N+](=O)[O-])c1. The highest BCUT2D eigenvalue weighted by molar-refractivity contribution is 5.90. The Balaban J connectivity index is 1.90. The van der Waals surface area contributed by atoms with Crippen LogP contribution in [-0.2, 0) is 16.0 Å². The van der Waals surface area contributed by atoms with E-state index in [0.29, 0.717) is 24.5 Å². The molecule has 1 N–H and O–H groups in total. The highest BCUT2D eigenvalue weighted by Gasteiger charge is 2.20. The van der Waals surface area contributed by atoms with Crippen molar-refractivity contribution < 1.29 is 33.5 Å². The summed E-state index contributed by atoms with van der Waals surface area (Å²) >= 11 is 0. The van der Waals surface area contributed by atoms with Gasteiger partial charge >= 0.3 is 11.7 Å². The lowest BCUT2D eigenvalue weighted by Crippen LogP contribution is -2.30. The molecule has 10 heteroatoms. The first-order valence-corrected chi connectivity index (χ1v) is 8.86. The third kappa shape index (κ3) is 5.84. The van der Waals surface area contributed by atoms with Gasteiger partial charge in [-0.1, -0.05) is 6.07 Å². The lowest BCUT2D eigenvalue weighted by atomic mass is 10.1. The maximum atomic E-state index is 12.0. The normalized spacial score (nSPS) is 10.1. The van der Waals surface area contributed by atoms with Gasteiger partial charge in [-0.05, 0) is 36.2 Å². The summed E-state index contributed by atoms with van der Waals surface area (Å²) in [6.07, 6.45) is 0.542. The van der Waals surface area contributed by atoms with Crippen molar-refractivity contribution in [2.45, 2.75) is 6.42 Å². The van der Waals surface area contributed by atoms with Crippen LogP contribution in [-0.4, -0.2) is 51.3 Å². The number of benzene rings is 2. The molecule has 0 unspecified atom stereocenters. The van der Waals surface area contributed by atoms with Crippen molar-refractivity contribution >= 4 is 17.6 Å². The molecule has 0 spiro atoms. The van der Waals surface area contributed by atoms with Gasteiger partial charge < -0.3 is 24.3 Å². The van der Waals surface area contributed by atoms with Gasteiger partial charge in [0.15, 0.2) is 23.9 Å². The van der Waals surface area contributed by atoms with Crippen LogP contribution in [0.3, 0.4) is 0 Å². The summed E-state index contributed by atoms with van der Waals surface area (Å²) in [7, 11) is 4.26. The maximum Gasteiger partial charge on any atom is 0.338 e. The minimum atomic E-state index is -0.711. The molecule has 0 aliphatic heterocycles. The quantitative estimate of drug-likeness (QED) is 0.353. The molecular formula is C20H22N2O8. The zero-order chi connectivity index (χ0) is 22.1. The van der Waals surface area contributed by atoms with Gasteiger partial charge in [-0.2, -0.15) is 0 Å². The number of nitrogens with zero attached hydrogens (tertiary/aromatic N) is 1. The Morgan fingerprint density at radius 2 is 1.70 bits per heavy atom. The second-order valence-corrected chi connectivity index (χ2v) is 6.01. The fraction of sp³-hybridized carbons (Fsp3) is 0.300. The van der Waals surface area contributed by atoms with E-state index in [4.69, 9.17) is 14.2 Å². The largest absolute Gasteiger partial charge is 0.493 e. The van der Waals surface area contributed by atoms with Crippen molar-refractivity contribution in [2.24, 2.45) is 0 Å².